The molecule has 0 radical (unpaired) electrons. The first-order valence-corrected chi connectivity index (χ1v) is 9.32. The SMILES string of the molecule is CN1CCCC12CCc1nc3cc(-c4ccccn4)ccc3c(=O)n1C2. The van der Waals surface area contributed by atoms with Gasteiger partial charge in [-0.05, 0) is 57.1 Å². The number of hydrogen-bond acceptors (Lipinski definition) is 4. The van der Waals surface area contributed by atoms with Crippen molar-refractivity contribution in [3.63, 3.8) is 0 Å². The van der Waals surface area contributed by atoms with Gasteiger partial charge in [0.15, 0.2) is 0 Å². The van der Waals surface area contributed by atoms with E-state index in [-0.39, 0.29) is 11.1 Å². The first-order chi connectivity index (χ1) is 12.7. The van der Waals surface area contributed by atoms with E-state index in [0.29, 0.717) is 5.39 Å². The van der Waals surface area contributed by atoms with Crippen LogP contribution in [0.15, 0.2) is 47.4 Å². The quantitative estimate of drug-likeness (QED) is 0.680. The van der Waals surface area contributed by atoms with E-state index in [1.165, 1.54) is 12.8 Å². The van der Waals surface area contributed by atoms with Crippen LogP contribution < -0.4 is 5.56 Å². The largest absolute Gasteiger partial charge is 0.299 e. The highest BCUT2D eigenvalue weighted by Gasteiger charge is 2.42. The Hall–Kier alpha value is -2.53. The molecule has 26 heavy (non-hydrogen) atoms. The summed E-state index contributed by atoms with van der Waals surface area (Å²) in [6.45, 7) is 1.89. The molecular formula is C21H22N4O. The van der Waals surface area contributed by atoms with Crippen molar-refractivity contribution in [2.24, 2.45) is 0 Å². The van der Waals surface area contributed by atoms with Crippen molar-refractivity contribution in [2.75, 3.05) is 13.6 Å². The molecule has 1 aromatic carbocycles. The summed E-state index contributed by atoms with van der Waals surface area (Å²) in [5, 5.41) is 0.700. The van der Waals surface area contributed by atoms with E-state index >= 15 is 0 Å². The summed E-state index contributed by atoms with van der Waals surface area (Å²) in [6, 6.07) is 11.7. The molecule has 0 saturated carbocycles. The van der Waals surface area contributed by atoms with Crippen LogP contribution in [0.4, 0.5) is 0 Å². The third kappa shape index (κ3) is 2.31. The lowest BCUT2D eigenvalue weighted by Crippen LogP contribution is -2.51. The minimum absolute atomic E-state index is 0.0944. The molecule has 2 aliphatic heterocycles. The number of likely N-dealkylation sites (N-methyl/N-ethyl adjacent to an activating group) is 1. The maximum absolute atomic E-state index is 13.2. The van der Waals surface area contributed by atoms with Crippen LogP contribution >= 0.6 is 0 Å². The number of pyridine rings is 1. The maximum atomic E-state index is 13.2. The molecule has 0 aliphatic carbocycles. The Morgan fingerprint density at radius 3 is 2.85 bits per heavy atom. The van der Waals surface area contributed by atoms with Crippen LogP contribution in [0.3, 0.4) is 0 Å². The highest BCUT2D eigenvalue weighted by Crippen LogP contribution is 2.36. The molecular weight excluding hydrogens is 324 g/mol. The van der Waals surface area contributed by atoms with Crippen molar-refractivity contribution in [3.8, 4) is 11.3 Å². The van der Waals surface area contributed by atoms with Gasteiger partial charge in [0.2, 0.25) is 0 Å². The van der Waals surface area contributed by atoms with Crippen LogP contribution in [0, 0.1) is 0 Å². The standard InChI is InChI=1S/C21H22N4O/c1-24-12-4-9-21(24)10-8-19-23-18-13-15(17-5-2-3-11-22-17)6-7-16(18)20(26)25(19)14-21/h2-3,5-7,11,13H,4,8-10,12,14H2,1H3. The predicted molar refractivity (Wildman–Crippen MR) is 102 cm³/mol. The fraction of sp³-hybridized carbons (Fsp3) is 0.381. The van der Waals surface area contributed by atoms with Crippen LogP contribution in [0.5, 0.6) is 0 Å². The zero-order valence-corrected chi connectivity index (χ0v) is 15.0. The number of nitrogens with zero attached hydrogens (tertiary/aromatic N) is 4. The first kappa shape index (κ1) is 15.7. The molecule has 2 aliphatic rings. The van der Waals surface area contributed by atoms with Crippen LogP contribution in [0.1, 0.15) is 25.1 Å². The number of likely N-dealkylation sites (tertiary alicyclic amines) is 1. The highest BCUT2D eigenvalue weighted by molar-refractivity contribution is 5.83. The molecule has 0 amide bonds. The summed E-state index contributed by atoms with van der Waals surface area (Å²) in [4.78, 5) is 24.9. The molecule has 132 valence electrons. The lowest BCUT2D eigenvalue weighted by molar-refractivity contribution is 0.117. The molecule has 1 saturated heterocycles. The van der Waals surface area contributed by atoms with Crippen molar-refractivity contribution < 1.29 is 0 Å². The van der Waals surface area contributed by atoms with E-state index in [2.05, 4.69) is 16.9 Å². The Bertz CT molecular complexity index is 1040. The molecule has 4 heterocycles. The molecule has 1 unspecified atom stereocenters. The van der Waals surface area contributed by atoms with Gasteiger partial charge in [0.25, 0.3) is 5.56 Å². The van der Waals surface area contributed by atoms with E-state index in [1.54, 1.807) is 6.20 Å². The third-order valence-electron chi connectivity index (χ3n) is 6.21. The Balaban J connectivity index is 1.62. The van der Waals surface area contributed by atoms with Crippen molar-refractivity contribution in [2.45, 2.75) is 37.8 Å². The second kappa shape index (κ2) is 5.74. The van der Waals surface area contributed by atoms with Crippen LogP contribution in [0.25, 0.3) is 22.2 Å². The Kier molecular flexibility index (Phi) is 3.47. The number of rotatable bonds is 1. The Labute approximate surface area is 152 Å². The van der Waals surface area contributed by atoms with Gasteiger partial charge in [-0.25, -0.2) is 4.98 Å². The molecule has 2 aromatic heterocycles. The second-order valence-electron chi connectivity index (χ2n) is 7.62. The molecule has 1 spiro atoms. The first-order valence-electron chi connectivity index (χ1n) is 9.32. The average molecular weight is 346 g/mol. The zero-order chi connectivity index (χ0) is 17.7. The second-order valence-corrected chi connectivity index (χ2v) is 7.62. The smallest absolute Gasteiger partial charge is 0.261 e. The lowest BCUT2D eigenvalue weighted by atomic mass is 9.87. The fourth-order valence-electron chi connectivity index (χ4n) is 4.62. The number of hydrogen-bond donors (Lipinski definition) is 0. The predicted octanol–water partition coefficient (Wildman–Crippen LogP) is 2.87. The normalized spacial score (nSPS) is 22.8. The van der Waals surface area contributed by atoms with Gasteiger partial charge in [0.05, 0.1) is 16.6 Å². The van der Waals surface area contributed by atoms with E-state index in [0.717, 1.165) is 48.5 Å². The van der Waals surface area contributed by atoms with E-state index in [1.807, 2.05) is 41.0 Å². The van der Waals surface area contributed by atoms with Gasteiger partial charge >= 0.3 is 0 Å². The molecule has 5 heteroatoms. The minimum atomic E-state index is 0.0944. The molecule has 1 fully saturated rings. The van der Waals surface area contributed by atoms with Gasteiger partial charge in [-0.1, -0.05) is 12.1 Å². The average Bonchev–Trinajstić information content (AvgIpc) is 3.03. The van der Waals surface area contributed by atoms with Crippen molar-refractivity contribution in [3.05, 3.63) is 58.8 Å². The number of aryl methyl sites for hydroxylation is 1. The molecule has 3 aromatic rings. The molecule has 1 atom stereocenters. The third-order valence-corrected chi connectivity index (χ3v) is 6.21. The zero-order valence-electron chi connectivity index (χ0n) is 15.0. The van der Waals surface area contributed by atoms with Crippen molar-refractivity contribution in [1.29, 1.82) is 0 Å². The summed E-state index contributed by atoms with van der Waals surface area (Å²) in [7, 11) is 2.19. The summed E-state index contributed by atoms with van der Waals surface area (Å²) in [5.74, 6) is 0.923. The van der Waals surface area contributed by atoms with Gasteiger partial charge in [-0.2, -0.15) is 0 Å². The van der Waals surface area contributed by atoms with Gasteiger partial charge in [0.1, 0.15) is 5.82 Å². The lowest BCUT2D eigenvalue weighted by Gasteiger charge is -2.40. The van der Waals surface area contributed by atoms with Crippen LogP contribution in [-0.2, 0) is 13.0 Å². The molecule has 5 rings (SSSR count). The molecule has 0 bridgehead atoms. The van der Waals surface area contributed by atoms with Crippen molar-refractivity contribution >= 4 is 10.9 Å². The van der Waals surface area contributed by atoms with Crippen LogP contribution in [0.2, 0.25) is 0 Å². The molecule has 5 nitrogen and oxygen atoms in total. The number of benzene rings is 1. The van der Waals surface area contributed by atoms with Crippen LogP contribution in [-0.4, -0.2) is 38.6 Å². The van der Waals surface area contributed by atoms with Gasteiger partial charge in [-0.3, -0.25) is 19.2 Å². The van der Waals surface area contributed by atoms with Gasteiger partial charge in [0, 0.05) is 30.3 Å². The Morgan fingerprint density at radius 1 is 1.15 bits per heavy atom. The van der Waals surface area contributed by atoms with Gasteiger partial charge in [-0.15, -0.1) is 0 Å². The van der Waals surface area contributed by atoms with Crippen molar-refractivity contribution in [1.82, 2.24) is 19.4 Å². The summed E-state index contributed by atoms with van der Waals surface area (Å²) in [5.41, 5.74) is 2.91. The summed E-state index contributed by atoms with van der Waals surface area (Å²) in [6.07, 6.45) is 6.12. The monoisotopic (exact) mass is 346 g/mol. The van der Waals surface area contributed by atoms with E-state index in [9.17, 15) is 4.79 Å². The minimum Gasteiger partial charge on any atom is -0.299 e. The van der Waals surface area contributed by atoms with E-state index in [4.69, 9.17) is 4.98 Å². The Morgan fingerprint density at radius 2 is 2.08 bits per heavy atom. The fourth-order valence-corrected chi connectivity index (χ4v) is 4.62. The molecule has 0 N–H and O–H groups in total. The van der Waals surface area contributed by atoms with E-state index < -0.39 is 0 Å². The van der Waals surface area contributed by atoms with Gasteiger partial charge < -0.3 is 0 Å². The summed E-state index contributed by atoms with van der Waals surface area (Å²) >= 11 is 0. The topological polar surface area (TPSA) is 51.0 Å². The summed E-state index contributed by atoms with van der Waals surface area (Å²) < 4.78 is 1.92. The number of aromatic nitrogens is 3. The maximum Gasteiger partial charge on any atom is 0.261 e. The number of fused-ring (bicyclic) bond motifs is 2. The highest BCUT2D eigenvalue weighted by atomic mass is 16.1.